The van der Waals surface area contributed by atoms with Crippen molar-refractivity contribution in [1.82, 2.24) is 15.1 Å². The van der Waals surface area contributed by atoms with Gasteiger partial charge in [-0.15, -0.1) is 4.99 Å². The highest BCUT2D eigenvalue weighted by atomic mass is 16.6. The molecule has 1 atom stereocenters. The second kappa shape index (κ2) is 7.46. The summed E-state index contributed by atoms with van der Waals surface area (Å²) < 4.78 is 11.7. The predicted octanol–water partition coefficient (Wildman–Crippen LogP) is 3.18. The summed E-state index contributed by atoms with van der Waals surface area (Å²) >= 11 is 0. The third kappa shape index (κ3) is 6.80. The first kappa shape index (κ1) is 19.7. The molecule has 1 rings (SSSR count). The van der Waals surface area contributed by atoms with Crippen LogP contribution in [0.25, 0.3) is 0 Å². The maximum atomic E-state index is 12.0. The molecule has 1 N–H and O–H groups in total. The molecular formula is C16H26N4O4. The third-order valence-electron chi connectivity index (χ3n) is 3.03. The smallest absolute Gasteiger partial charge is 0.437 e. The molecule has 24 heavy (non-hydrogen) atoms. The summed E-state index contributed by atoms with van der Waals surface area (Å²) in [5.74, 6) is -0.0969. The standard InChI is InChI=1S/C16H26N4O4/c1-11(15(2,3)4)23-13(21)18-12(20-10-8-9-17-20)19-14(22)24-16(5,6)7/h8-11H,1-7H3,(H,18,19,21,22). The topological polar surface area (TPSA) is 94.8 Å². The molecule has 0 aliphatic heterocycles. The number of aliphatic imine (C=N–C) groups is 1. The van der Waals surface area contributed by atoms with Gasteiger partial charge >= 0.3 is 12.2 Å². The van der Waals surface area contributed by atoms with Gasteiger partial charge in [0.15, 0.2) is 0 Å². The molecule has 1 heterocycles. The number of amides is 2. The van der Waals surface area contributed by atoms with Crippen LogP contribution in [0.2, 0.25) is 0 Å². The van der Waals surface area contributed by atoms with Crippen LogP contribution in [-0.4, -0.2) is 39.6 Å². The molecule has 8 heteroatoms. The second-order valence-corrected chi connectivity index (χ2v) is 7.40. The molecule has 134 valence electrons. The van der Waals surface area contributed by atoms with Crippen molar-refractivity contribution >= 4 is 18.1 Å². The van der Waals surface area contributed by atoms with Crippen molar-refractivity contribution in [2.75, 3.05) is 0 Å². The fourth-order valence-corrected chi connectivity index (χ4v) is 1.37. The Labute approximate surface area is 142 Å². The zero-order chi connectivity index (χ0) is 18.5. The first-order chi connectivity index (χ1) is 10.9. The minimum Gasteiger partial charge on any atom is -0.444 e. The average Bonchev–Trinajstić information content (AvgIpc) is 2.87. The number of nitrogens with zero attached hydrogens (tertiary/aromatic N) is 3. The molecule has 2 amide bonds. The van der Waals surface area contributed by atoms with Crippen LogP contribution in [0, 0.1) is 5.41 Å². The highest BCUT2D eigenvalue weighted by molar-refractivity contribution is 5.99. The molecule has 0 aliphatic carbocycles. The van der Waals surface area contributed by atoms with Crippen molar-refractivity contribution in [3.05, 3.63) is 18.5 Å². The molecule has 1 aromatic heterocycles. The molecule has 0 bridgehead atoms. The summed E-state index contributed by atoms with van der Waals surface area (Å²) in [4.78, 5) is 27.7. The first-order valence-corrected chi connectivity index (χ1v) is 7.68. The van der Waals surface area contributed by atoms with Gasteiger partial charge in [0.1, 0.15) is 11.7 Å². The fraction of sp³-hybridized carbons (Fsp3) is 0.625. The van der Waals surface area contributed by atoms with E-state index in [9.17, 15) is 9.59 Å². The van der Waals surface area contributed by atoms with E-state index in [1.54, 1.807) is 33.8 Å². The van der Waals surface area contributed by atoms with Crippen LogP contribution in [0.4, 0.5) is 9.59 Å². The minimum absolute atomic E-state index is 0.0969. The SMILES string of the molecule is CC(OC(=O)/N=C(/NC(=O)OC(C)(C)C)n1cccn1)C(C)(C)C. The highest BCUT2D eigenvalue weighted by Crippen LogP contribution is 2.21. The Morgan fingerprint density at radius 1 is 1.21 bits per heavy atom. The van der Waals surface area contributed by atoms with Crippen molar-refractivity contribution in [1.29, 1.82) is 0 Å². The van der Waals surface area contributed by atoms with E-state index in [-0.39, 0.29) is 17.5 Å². The van der Waals surface area contributed by atoms with Crippen LogP contribution in [0.3, 0.4) is 0 Å². The minimum atomic E-state index is -0.820. The van der Waals surface area contributed by atoms with Crippen LogP contribution in [-0.2, 0) is 9.47 Å². The predicted molar refractivity (Wildman–Crippen MR) is 89.8 cm³/mol. The lowest BCUT2D eigenvalue weighted by Crippen LogP contribution is -2.40. The largest absolute Gasteiger partial charge is 0.444 e. The molecule has 0 radical (unpaired) electrons. The highest BCUT2D eigenvalue weighted by Gasteiger charge is 2.24. The van der Waals surface area contributed by atoms with Crippen LogP contribution in [0.5, 0.6) is 0 Å². The van der Waals surface area contributed by atoms with E-state index in [1.165, 1.54) is 17.1 Å². The number of carbonyl (C=O) groups excluding carboxylic acids is 2. The number of carbonyl (C=O) groups is 2. The lowest BCUT2D eigenvalue weighted by Gasteiger charge is -2.26. The van der Waals surface area contributed by atoms with Crippen LogP contribution in [0.15, 0.2) is 23.5 Å². The Kier molecular flexibility index (Phi) is 6.11. The van der Waals surface area contributed by atoms with Crippen molar-refractivity contribution in [2.24, 2.45) is 10.4 Å². The molecular weight excluding hydrogens is 312 g/mol. The van der Waals surface area contributed by atoms with Gasteiger partial charge in [0.2, 0.25) is 5.96 Å². The van der Waals surface area contributed by atoms with Gasteiger partial charge in [-0.05, 0) is 39.2 Å². The summed E-state index contributed by atoms with van der Waals surface area (Å²) in [6.45, 7) is 12.8. The van der Waals surface area contributed by atoms with Gasteiger partial charge in [-0.1, -0.05) is 20.8 Å². The Morgan fingerprint density at radius 3 is 2.29 bits per heavy atom. The fourth-order valence-electron chi connectivity index (χ4n) is 1.37. The lowest BCUT2D eigenvalue weighted by molar-refractivity contribution is 0.0499. The Bertz CT molecular complexity index is 595. The first-order valence-electron chi connectivity index (χ1n) is 7.68. The number of alkyl carbamates (subject to hydrolysis) is 1. The van der Waals surface area contributed by atoms with Crippen molar-refractivity contribution in [2.45, 2.75) is 60.2 Å². The summed E-state index contributed by atoms with van der Waals surface area (Å²) in [5, 5.41) is 6.36. The third-order valence-corrected chi connectivity index (χ3v) is 3.03. The molecule has 0 spiro atoms. The van der Waals surface area contributed by atoms with E-state index in [0.29, 0.717) is 0 Å². The Balaban J connectivity index is 2.91. The van der Waals surface area contributed by atoms with Gasteiger partial charge in [-0.2, -0.15) is 5.10 Å². The molecule has 0 saturated heterocycles. The number of ether oxygens (including phenoxy) is 2. The number of aromatic nitrogens is 2. The molecule has 0 aliphatic rings. The van der Waals surface area contributed by atoms with Gasteiger partial charge in [-0.25, -0.2) is 14.3 Å². The quantitative estimate of drug-likeness (QED) is 0.627. The molecule has 0 aromatic carbocycles. The normalized spacial score (nSPS) is 14.0. The molecule has 1 unspecified atom stereocenters. The Hall–Kier alpha value is -2.38. The van der Waals surface area contributed by atoms with E-state index in [0.717, 1.165) is 0 Å². The Morgan fingerprint density at radius 2 is 1.83 bits per heavy atom. The summed E-state index contributed by atoms with van der Waals surface area (Å²) in [6.07, 6.45) is 1.12. The molecule has 8 nitrogen and oxygen atoms in total. The van der Waals surface area contributed by atoms with Crippen molar-refractivity contribution in [3.8, 4) is 0 Å². The van der Waals surface area contributed by atoms with Crippen LogP contribution < -0.4 is 5.32 Å². The van der Waals surface area contributed by atoms with Crippen molar-refractivity contribution in [3.63, 3.8) is 0 Å². The van der Waals surface area contributed by atoms with Gasteiger partial charge < -0.3 is 9.47 Å². The average molecular weight is 338 g/mol. The lowest BCUT2D eigenvalue weighted by atomic mass is 9.90. The van der Waals surface area contributed by atoms with Crippen LogP contribution in [0.1, 0.15) is 48.5 Å². The molecule has 0 saturated carbocycles. The van der Waals surface area contributed by atoms with Crippen molar-refractivity contribution < 1.29 is 19.1 Å². The summed E-state index contributed by atoms with van der Waals surface area (Å²) in [7, 11) is 0. The molecule has 1 aromatic rings. The van der Waals surface area contributed by atoms with Gasteiger partial charge in [0.05, 0.1) is 0 Å². The van der Waals surface area contributed by atoms with E-state index >= 15 is 0 Å². The number of nitrogens with one attached hydrogen (secondary N) is 1. The van der Waals surface area contributed by atoms with E-state index in [1.807, 2.05) is 20.8 Å². The zero-order valence-corrected chi connectivity index (χ0v) is 15.3. The molecule has 0 fully saturated rings. The number of hydrogen-bond donors (Lipinski definition) is 1. The van der Waals surface area contributed by atoms with E-state index in [2.05, 4.69) is 15.4 Å². The van der Waals surface area contributed by atoms with E-state index in [4.69, 9.17) is 9.47 Å². The van der Waals surface area contributed by atoms with Gasteiger partial charge in [-0.3, -0.25) is 5.32 Å². The van der Waals surface area contributed by atoms with Gasteiger partial charge in [0.25, 0.3) is 0 Å². The zero-order valence-electron chi connectivity index (χ0n) is 15.3. The summed E-state index contributed by atoms with van der Waals surface area (Å²) in [5.41, 5.74) is -0.907. The van der Waals surface area contributed by atoms with E-state index < -0.39 is 17.8 Å². The maximum Gasteiger partial charge on any atom is 0.437 e. The summed E-state index contributed by atoms with van der Waals surface area (Å²) in [6, 6.07) is 1.63. The monoisotopic (exact) mass is 338 g/mol. The maximum absolute atomic E-state index is 12.0. The second-order valence-electron chi connectivity index (χ2n) is 7.40. The van der Waals surface area contributed by atoms with Gasteiger partial charge in [0, 0.05) is 12.4 Å². The number of rotatable bonds is 1. The number of hydrogen-bond acceptors (Lipinski definition) is 5. The van der Waals surface area contributed by atoms with Crippen LogP contribution >= 0.6 is 0 Å².